The lowest BCUT2D eigenvalue weighted by atomic mass is 10.1. The van der Waals surface area contributed by atoms with Crippen molar-refractivity contribution in [1.29, 1.82) is 0 Å². The lowest BCUT2D eigenvalue weighted by molar-refractivity contribution is -0.130. The maximum atomic E-state index is 11.6. The molecule has 1 aromatic heterocycles. The van der Waals surface area contributed by atoms with E-state index in [-0.39, 0.29) is 5.57 Å². The molecule has 0 saturated carbocycles. The Labute approximate surface area is 145 Å². The van der Waals surface area contributed by atoms with Crippen LogP contribution in [0.1, 0.15) is 36.6 Å². The monoisotopic (exact) mass is 350 g/mol. The normalized spacial score (nSPS) is 11.5. The van der Waals surface area contributed by atoms with Crippen LogP contribution in [0.25, 0.3) is 11.6 Å². The van der Waals surface area contributed by atoms with Crippen LogP contribution in [0, 0.1) is 0 Å². The Morgan fingerprint density at radius 3 is 2.83 bits per heavy atom. The molecule has 0 amide bonds. The second kappa shape index (κ2) is 8.75. The standard InChI is InChI=1S/C18H19ClO3S/c1-2-3-4-9-22-16-8-7-14(19)11-13(16)12-15(18(20)21)17-6-5-10-23-17/h5-8,10-12H,2-4,9H2,1H3,(H,20,21)/b15-12-. The summed E-state index contributed by atoms with van der Waals surface area (Å²) in [7, 11) is 0. The van der Waals surface area contributed by atoms with Crippen molar-refractivity contribution >= 4 is 40.6 Å². The van der Waals surface area contributed by atoms with Gasteiger partial charge in [0.2, 0.25) is 0 Å². The number of carbonyl (C=O) groups is 1. The lowest BCUT2D eigenvalue weighted by Gasteiger charge is -2.10. The summed E-state index contributed by atoms with van der Waals surface area (Å²) in [6.07, 6.45) is 4.82. The van der Waals surface area contributed by atoms with Crippen LogP contribution in [-0.2, 0) is 4.79 Å². The summed E-state index contributed by atoms with van der Waals surface area (Å²) >= 11 is 7.45. The van der Waals surface area contributed by atoms with Gasteiger partial charge in [-0.2, -0.15) is 0 Å². The van der Waals surface area contributed by atoms with Gasteiger partial charge in [0.05, 0.1) is 12.2 Å². The van der Waals surface area contributed by atoms with Crippen LogP contribution in [0.5, 0.6) is 5.75 Å². The maximum Gasteiger partial charge on any atom is 0.337 e. The summed E-state index contributed by atoms with van der Waals surface area (Å²) in [6, 6.07) is 8.88. The van der Waals surface area contributed by atoms with Crippen molar-refractivity contribution in [2.45, 2.75) is 26.2 Å². The Morgan fingerprint density at radius 2 is 2.17 bits per heavy atom. The average molecular weight is 351 g/mol. The van der Waals surface area contributed by atoms with Crippen molar-refractivity contribution in [3.05, 3.63) is 51.2 Å². The van der Waals surface area contributed by atoms with Crippen LogP contribution in [0.15, 0.2) is 35.7 Å². The second-order valence-corrected chi connectivity index (χ2v) is 6.46. The highest BCUT2D eigenvalue weighted by atomic mass is 35.5. The fourth-order valence-electron chi connectivity index (χ4n) is 2.12. The zero-order valence-electron chi connectivity index (χ0n) is 12.9. The Hall–Kier alpha value is -1.78. The van der Waals surface area contributed by atoms with E-state index in [2.05, 4.69) is 6.92 Å². The number of unbranched alkanes of at least 4 members (excludes halogenated alkanes) is 2. The third kappa shape index (κ3) is 5.12. The van der Waals surface area contributed by atoms with Crippen LogP contribution < -0.4 is 4.74 Å². The number of carboxylic acids is 1. The second-order valence-electron chi connectivity index (χ2n) is 5.08. The molecule has 2 aromatic rings. The van der Waals surface area contributed by atoms with Crippen molar-refractivity contribution in [2.75, 3.05) is 6.61 Å². The number of rotatable bonds is 8. The Bertz CT molecular complexity index is 678. The van der Waals surface area contributed by atoms with E-state index in [1.165, 1.54) is 11.3 Å². The van der Waals surface area contributed by atoms with E-state index in [1.807, 2.05) is 11.4 Å². The van der Waals surface area contributed by atoms with Gasteiger partial charge in [0.1, 0.15) is 5.75 Å². The number of thiophene rings is 1. The number of hydrogen-bond donors (Lipinski definition) is 1. The van der Waals surface area contributed by atoms with Gasteiger partial charge in [-0.05, 0) is 42.1 Å². The van der Waals surface area contributed by atoms with Crippen LogP contribution in [0.3, 0.4) is 0 Å². The van der Waals surface area contributed by atoms with E-state index < -0.39 is 5.97 Å². The molecule has 1 aromatic carbocycles. The summed E-state index contributed by atoms with van der Waals surface area (Å²) in [6.45, 7) is 2.74. The Kier molecular flexibility index (Phi) is 6.68. The summed E-state index contributed by atoms with van der Waals surface area (Å²) in [5, 5.41) is 11.9. The van der Waals surface area contributed by atoms with Crippen molar-refractivity contribution in [3.8, 4) is 5.75 Å². The van der Waals surface area contributed by atoms with Gasteiger partial charge in [0, 0.05) is 15.5 Å². The highest BCUT2D eigenvalue weighted by Gasteiger charge is 2.13. The molecule has 0 aliphatic heterocycles. The van der Waals surface area contributed by atoms with Crippen LogP contribution in [-0.4, -0.2) is 17.7 Å². The highest BCUT2D eigenvalue weighted by Crippen LogP contribution is 2.29. The predicted octanol–water partition coefficient (Wildman–Crippen LogP) is 5.60. The summed E-state index contributed by atoms with van der Waals surface area (Å²) in [5.41, 5.74) is 0.917. The van der Waals surface area contributed by atoms with Crippen molar-refractivity contribution in [3.63, 3.8) is 0 Å². The molecule has 122 valence electrons. The van der Waals surface area contributed by atoms with E-state index in [4.69, 9.17) is 16.3 Å². The molecule has 0 aliphatic carbocycles. The fraction of sp³-hybridized carbons (Fsp3) is 0.278. The number of halogens is 1. The number of carboxylic acid groups (broad SMARTS) is 1. The van der Waals surface area contributed by atoms with Crippen molar-refractivity contribution in [2.24, 2.45) is 0 Å². The van der Waals surface area contributed by atoms with Gasteiger partial charge in [-0.1, -0.05) is 37.4 Å². The molecule has 1 heterocycles. The first kappa shape index (κ1) is 17.6. The van der Waals surface area contributed by atoms with Gasteiger partial charge in [0.25, 0.3) is 0 Å². The minimum Gasteiger partial charge on any atom is -0.493 e. The van der Waals surface area contributed by atoms with Gasteiger partial charge < -0.3 is 9.84 Å². The first-order valence-corrected chi connectivity index (χ1v) is 8.78. The SMILES string of the molecule is CCCCCOc1ccc(Cl)cc1/C=C(\C(=O)O)c1cccs1. The molecule has 0 saturated heterocycles. The van der Waals surface area contributed by atoms with Crippen LogP contribution in [0.4, 0.5) is 0 Å². The molecule has 0 spiro atoms. The van der Waals surface area contributed by atoms with E-state index in [0.717, 1.165) is 19.3 Å². The van der Waals surface area contributed by atoms with E-state index in [9.17, 15) is 9.90 Å². The van der Waals surface area contributed by atoms with Crippen LogP contribution in [0.2, 0.25) is 5.02 Å². The molecule has 3 nitrogen and oxygen atoms in total. The molecule has 1 N–H and O–H groups in total. The Morgan fingerprint density at radius 1 is 1.35 bits per heavy atom. The zero-order valence-corrected chi connectivity index (χ0v) is 14.5. The third-order valence-electron chi connectivity index (χ3n) is 3.29. The first-order valence-electron chi connectivity index (χ1n) is 7.53. The fourth-order valence-corrected chi connectivity index (χ4v) is 3.04. The highest BCUT2D eigenvalue weighted by molar-refractivity contribution is 7.11. The summed E-state index contributed by atoms with van der Waals surface area (Å²) in [5.74, 6) is -0.315. The molecule has 0 atom stereocenters. The van der Waals surface area contributed by atoms with Crippen molar-refractivity contribution in [1.82, 2.24) is 0 Å². The molecule has 2 rings (SSSR count). The van der Waals surface area contributed by atoms with E-state index >= 15 is 0 Å². The number of benzene rings is 1. The van der Waals surface area contributed by atoms with Crippen molar-refractivity contribution < 1.29 is 14.6 Å². The zero-order chi connectivity index (χ0) is 16.7. The summed E-state index contributed by atoms with van der Waals surface area (Å²) < 4.78 is 5.80. The largest absolute Gasteiger partial charge is 0.493 e. The van der Waals surface area contributed by atoms with Gasteiger partial charge in [-0.3, -0.25) is 0 Å². The topological polar surface area (TPSA) is 46.5 Å². The number of aliphatic carboxylic acids is 1. The maximum absolute atomic E-state index is 11.6. The lowest BCUT2D eigenvalue weighted by Crippen LogP contribution is -2.01. The average Bonchev–Trinajstić information content (AvgIpc) is 3.04. The van der Waals surface area contributed by atoms with Gasteiger partial charge in [-0.15, -0.1) is 11.3 Å². The molecule has 0 aliphatic rings. The van der Waals surface area contributed by atoms with Gasteiger partial charge >= 0.3 is 5.97 Å². The smallest absolute Gasteiger partial charge is 0.337 e. The van der Waals surface area contributed by atoms with Crippen LogP contribution >= 0.6 is 22.9 Å². The molecular weight excluding hydrogens is 332 g/mol. The van der Waals surface area contributed by atoms with Gasteiger partial charge in [0.15, 0.2) is 0 Å². The predicted molar refractivity (Wildman–Crippen MR) is 96.3 cm³/mol. The van der Waals surface area contributed by atoms with E-state index in [0.29, 0.717) is 27.8 Å². The molecular formula is C18H19ClO3S. The molecule has 23 heavy (non-hydrogen) atoms. The molecule has 0 radical (unpaired) electrons. The third-order valence-corrected chi connectivity index (χ3v) is 4.43. The quantitative estimate of drug-likeness (QED) is 0.498. The minimum absolute atomic E-state index is 0.237. The molecule has 0 bridgehead atoms. The Balaban J connectivity index is 2.30. The minimum atomic E-state index is -0.968. The first-order chi connectivity index (χ1) is 11.1. The molecule has 5 heteroatoms. The molecule has 0 fully saturated rings. The van der Waals surface area contributed by atoms with Gasteiger partial charge in [-0.25, -0.2) is 4.79 Å². The summed E-state index contributed by atoms with van der Waals surface area (Å²) in [4.78, 5) is 12.3. The van der Waals surface area contributed by atoms with E-state index in [1.54, 1.807) is 30.3 Å². The number of hydrogen-bond acceptors (Lipinski definition) is 3. The molecule has 0 unspecified atom stereocenters. The number of ether oxygens (including phenoxy) is 1.